The van der Waals surface area contributed by atoms with Gasteiger partial charge in [-0.2, -0.15) is 0 Å². The van der Waals surface area contributed by atoms with Crippen LogP contribution in [0.2, 0.25) is 0 Å². The number of hydrogen-bond acceptors (Lipinski definition) is 5. The van der Waals surface area contributed by atoms with Crippen molar-refractivity contribution in [1.82, 2.24) is 15.0 Å². The molecule has 3 aromatic rings. The molecular weight excluding hydrogens is 336 g/mol. The molecule has 0 amide bonds. The smallest absolute Gasteiger partial charge is 0.227 e. The number of nitrogens with one attached hydrogen (secondary N) is 1. The molecule has 0 saturated heterocycles. The lowest BCUT2D eigenvalue weighted by Crippen LogP contribution is -1.97. The summed E-state index contributed by atoms with van der Waals surface area (Å²) in [7, 11) is 0. The van der Waals surface area contributed by atoms with Gasteiger partial charge >= 0.3 is 0 Å². The van der Waals surface area contributed by atoms with E-state index in [-0.39, 0.29) is 0 Å². The van der Waals surface area contributed by atoms with Crippen molar-refractivity contribution < 1.29 is 0 Å². The number of nitrogens with zero attached hydrogens (tertiary/aromatic N) is 3. The Balaban J connectivity index is 1.86. The zero-order valence-electron chi connectivity index (χ0n) is 10.7. The number of hydrogen-bond donors (Lipinski definition) is 1. The summed E-state index contributed by atoms with van der Waals surface area (Å²) in [4.78, 5) is 14.0. The van der Waals surface area contributed by atoms with Gasteiger partial charge < -0.3 is 5.32 Å². The topological polar surface area (TPSA) is 50.7 Å². The third-order valence-electron chi connectivity index (χ3n) is 2.63. The number of benzene rings is 1. The average molecular weight is 347 g/mol. The minimum atomic E-state index is 0.580. The van der Waals surface area contributed by atoms with Crippen molar-refractivity contribution in [2.45, 2.75) is 6.92 Å². The average Bonchev–Trinajstić information content (AvgIpc) is 2.89. The summed E-state index contributed by atoms with van der Waals surface area (Å²) in [5.41, 5.74) is 1.83. The molecule has 4 nitrogen and oxygen atoms in total. The van der Waals surface area contributed by atoms with Crippen molar-refractivity contribution in [3.63, 3.8) is 0 Å². The first-order valence-electron chi connectivity index (χ1n) is 5.99. The van der Waals surface area contributed by atoms with E-state index in [1.807, 2.05) is 43.5 Å². The van der Waals surface area contributed by atoms with Crippen LogP contribution in [0.3, 0.4) is 0 Å². The quantitative estimate of drug-likeness (QED) is 0.762. The molecule has 1 N–H and O–H groups in total. The highest BCUT2D eigenvalue weighted by Gasteiger charge is 2.05. The van der Waals surface area contributed by atoms with Crippen LogP contribution in [0.4, 0.5) is 11.6 Å². The summed E-state index contributed by atoms with van der Waals surface area (Å²) in [6, 6.07) is 9.77. The van der Waals surface area contributed by atoms with Gasteiger partial charge in [-0.1, -0.05) is 15.9 Å². The minimum Gasteiger partial charge on any atom is -0.324 e. The monoisotopic (exact) mass is 346 g/mol. The third-order valence-corrected chi connectivity index (χ3v) is 4.09. The van der Waals surface area contributed by atoms with Crippen molar-refractivity contribution in [1.29, 1.82) is 0 Å². The Labute approximate surface area is 129 Å². The van der Waals surface area contributed by atoms with Crippen molar-refractivity contribution in [3.8, 4) is 10.6 Å². The largest absolute Gasteiger partial charge is 0.324 e. The number of aromatic nitrogens is 3. The Bertz CT molecular complexity index is 724. The molecule has 0 aliphatic rings. The van der Waals surface area contributed by atoms with Gasteiger partial charge in [0.25, 0.3) is 0 Å². The van der Waals surface area contributed by atoms with E-state index in [2.05, 4.69) is 36.2 Å². The number of halogens is 1. The van der Waals surface area contributed by atoms with Gasteiger partial charge in [-0.25, -0.2) is 15.0 Å². The summed E-state index contributed by atoms with van der Waals surface area (Å²) in [5, 5.41) is 4.22. The lowest BCUT2D eigenvalue weighted by molar-refractivity contribution is 1.17. The molecule has 20 heavy (non-hydrogen) atoms. The van der Waals surface area contributed by atoms with Crippen LogP contribution >= 0.6 is 27.3 Å². The molecule has 2 heterocycles. The van der Waals surface area contributed by atoms with Crippen LogP contribution in [-0.2, 0) is 0 Å². The fraction of sp³-hybridized carbons (Fsp3) is 0.0714. The number of aryl methyl sites for hydroxylation is 1. The van der Waals surface area contributed by atoms with Crippen molar-refractivity contribution in [2.75, 3.05) is 5.32 Å². The van der Waals surface area contributed by atoms with Gasteiger partial charge in [-0.3, -0.25) is 0 Å². The molecule has 0 aliphatic carbocycles. The maximum absolute atomic E-state index is 4.51. The summed E-state index contributed by atoms with van der Waals surface area (Å²) < 4.78 is 1.04. The zero-order valence-corrected chi connectivity index (χ0v) is 13.1. The molecule has 0 bridgehead atoms. The van der Waals surface area contributed by atoms with E-state index in [1.54, 1.807) is 17.5 Å². The van der Waals surface area contributed by atoms with E-state index >= 15 is 0 Å². The minimum absolute atomic E-state index is 0.580. The number of thiazole rings is 1. The van der Waals surface area contributed by atoms with Crippen LogP contribution in [0.15, 0.2) is 47.2 Å². The molecule has 0 aliphatic heterocycles. The molecule has 0 unspecified atom stereocenters. The highest BCUT2D eigenvalue weighted by Crippen LogP contribution is 2.25. The predicted molar refractivity (Wildman–Crippen MR) is 85.3 cm³/mol. The summed E-state index contributed by atoms with van der Waals surface area (Å²) in [5.74, 6) is 0.580. The maximum Gasteiger partial charge on any atom is 0.227 e. The number of rotatable bonds is 3. The first kappa shape index (κ1) is 13.2. The highest BCUT2D eigenvalue weighted by atomic mass is 79.9. The first-order chi connectivity index (χ1) is 9.70. The molecule has 2 aromatic heterocycles. The van der Waals surface area contributed by atoms with E-state index < -0.39 is 0 Å². The first-order valence-corrected chi connectivity index (χ1v) is 7.60. The van der Waals surface area contributed by atoms with Gasteiger partial charge in [-0.15, -0.1) is 11.3 Å². The molecule has 0 saturated carbocycles. The van der Waals surface area contributed by atoms with Gasteiger partial charge in [0.2, 0.25) is 5.95 Å². The molecule has 3 rings (SSSR count). The van der Waals surface area contributed by atoms with E-state index in [4.69, 9.17) is 0 Å². The Hall–Kier alpha value is -1.79. The van der Waals surface area contributed by atoms with Gasteiger partial charge in [0.15, 0.2) is 0 Å². The zero-order chi connectivity index (χ0) is 13.9. The SMILES string of the molecule is Cc1ncc(-c2ccnc(Nc3ccc(Br)cc3)n2)s1. The number of anilines is 2. The van der Waals surface area contributed by atoms with Crippen molar-refractivity contribution in [3.05, 3.63) is 52.2 Å². The van der Waals surface area contributed by atoms with E-state index in [1.165, 1.54) is 0 Å². The van der Waals surface area contributed by atoms with Crippen LogP contribution in [0.1, 0.15) is 5.01 Å². The van der Waals surface area contributed by atoms with Gasteiger partial charge in [0.1, 0.15) is 0 Å². The van der Waals surface area contributed by atoms with Gasteiger partial charge in [-0.05, 0) is 37.3 Å². The van der Waals surface area contributed by atoms with Crippen LogP contribution in [0.5, 0.6) is 0 Å². The summed E-state index contributed by atoms with van der Waals surface area (Å²) in [6.45, 7) is 1.98. The molecule has 6 heteroatoms. The van der Waals surface area contributed by atoms with Gasteiger partial charge in [0, 0.05) is 22.6 Å². The summed E-state index contributed by atoms with van der Waals surface area (Å²) >= 11 is 5.03. The molecule has 100 valence electrons. The molecule has 1 aromatic carbocycles. The normalized spacial score (nSPS) is 10.5. The standard InChI is InChI=1S/C14H11BrN4S/c1-9-17-8-13(20-9)12-6-7-16-14(19-12)18-11-4-2-10(15)3-5-11/h2-8H,1H3,(H,16,18,19). The van der Waals surface area contributed by atoms with E-state index in [0.717, 1.165) is 25.7 Å². The Morgan fingerprint density at radius 1 is 1.10 bits per heavy atom. The Kier molecular flexibility index (Phi) is 3.75. The maximum atomic E-state index is 4.51. The van der Waals surface area contributed by atoms with Crippen LogP contribution in [0, 0.1) is 6.92 Å². The highest BCUT2D eigenvalue weighted by molar-refractivity contribution is 9.10. The van der Waals surface area contributed by atoms with Crippen molar-refractivity contribution >= 4 is 38.9 Å². The molecule has 0 radical (unpaired) electrons. The fourth-order valence-corrected chi connectivity index (χ4v) is 2.71. The Morgan fingerprint density at radius 2 is 1.90 bits per heavy atom. The second kappa shape index (κ2) is 5.68. The predicted octanol–water partition coefficient (Wildman–Crippen LogP) is 4.41. The second-order valence-electron chi connectivity index (χ2n) is 4.14. The Morgan fingerprint density at radius 3 is 2.60 bits per heavy atom. The molecular formula is C14H11BrN4S. The molecule has 0 spiro atoms. The molecule has 0 fully saturated rings. The third kappa shape index (κ3) is 3.02. The van der Waals surface area contributed by atoms with Crippen LogP contribution in [-0.4, -0.2) is 15.0 Å². The van der Waals surface area contributed by atoms with Crippen molar-refractivity contribution in [2.24, 2.45) is 0 Å². The summed E-state index contributed by atoms with van der Waals surface area (Å²) in [6.07, 6.45) is 3.59. The second-order valence-corrected chi connectivity index (χ2v) is 6.29. The fourth-order valence-electron chi connectivity index (χ4n) is 1.70. The lowest BCUT2D eigenvalue weighted by atomic mass is 10.3. The molecule has 0 atom stereocenters. The lowest BCUT2D eigenvalue weighted by Gasteiger charge is -2.05. The van der Waals surface area contributed by atoms with E-state index in [0.29, 0.717) is 5.95 Å². The van der Waals surface area contributed by atoms with Gasteiger partial charge in [0.05, 0.1) is 15.6 Å². The van der Waals surface area contributed by atoms with E-state index in [9.17, 15) is 0 Å². The van der Waals surface area contributed by atoms with Crippen LogP contribution in [0.25, 0.3) is 10.6 Å². The van der Waals surface area contributed by atoms with Crippen LogP contribution < -0.4 is 5.32 Å².